The van der Waals surface area contributed by atoms with Crippen LogP contribution in [0.5, 0.6) is 0 Å². The third kappa shape index (κ3) is 3.39. The van der Waals surface area contributed by atoms with Gasteiger partial charge in [0.25, 0.3) is 7.52 Å². The highest BCUT2D eigenvalue weighted by molar-refractivity contribution is 7.57. The molecule has 14 heavy (non-hydrogen) atoms. The van der Waals surface area contributed by atoms with Gasteiger partial charge in [-0.2, -0.15) is 0 Å². The molecule has 0 amide bonds. The highest BCUT2D eigenvalue weighted by atomic mass is 35.5. The van der Waals surface area contributed by atoms with E-state index in [4.69, 9.17) is 30.5 Å². The molecule has 84 valence electrons. The molecule has 0 aliphatic carbocycles. The first-order valence-electron chi connectivity index (χ1n) is 5.61. The predicted octanol–water partition coefficient (Wildman–Crippen LogP) is 2.82. The summed E-state index contributed by atoms with van der Waals surface area (Å²) in [5, 5.41) is 2.80. The second kappa shape index (κ2) is 6.34. The van der Waals surface area contributed by atoms with Crippen molar-refractivity contribution in [2.24, 2.45) is 0 Å². The van der Waals surface area contributed by atoms with Gasteiger partial charge in [0.1, 0.15) is 0 Å². The summed E-state index contributed by atoms with van der Waals surface area (Å²) in [5.41, 5.74) is -0.308. The Hall–Kier alpha value is 0.730. The van der Waals surface area contributed by atoms with E-state index in [2.05, 4.69) is 5.09 Å². The van der Waals surface area contributed by atoms with E-state index in [0.717, 1.165) is 0 Å². The largest absolute Gasteiger partial charge is 0.317 e. The van der Waals surface area contributed by atoms with Gasteiger partial charge in [-0.25, -0.2) is 5.09 Å². The fourth-order valence-corrected chi connectivity index (χ4v) is 4.32. The molecule has 1 aliphatic heterocycles. The molecule has 0 saturated carbocycles. The maximum absolute atomic E-state index is 12.4. The minimum absolute atomic E-state index is 0.200. The van der Waals surface area contributed by atoms with Crippen LogP contribution in [-0.2, 0) is 9.09 Å². The van der Waals surface area contributed by atoms with Crippen LogP contribution in [0, 0.1) is 0 Å². The molecule has 1 rings (SSSR count). The lowest BCUT2D eigenvalue weighted by Crippen LogP contribution is -2.29. The molecule has 0 aromatic carbocycles. The van der Waals surface area contributed by atoms with Gasteiger partial charge in [-0.05, 0) is 19.3 Å². The van der Waals surface area contributed by atoms with Crippen molar-refractivity contribution in [1.82, 2.24) is 5.09 Å². The van der Waals surface area contributed by atoms with Crippen LogP contribution in [0.4, 0.5) is 0 Å². The Kier molecular flexibility index (Phi) is 4.49. The van der Waals surface area contributed by atoms with Crippen LogP contribution in [0.15, 0.2) is 0 Å². The first kappa shape index (κ1) is 9.92. The Balaban J connectivity index is 2.76. The van der Waals surface area contributed by atoms with Gasteiger partial charge < -0.3 is 4.52 Å². The summed E-state index contributed by atoms with van der Waals surface area (Å²) < 4.78 is 32.5. The Morgan fingerprint density at radius 3 is 2.64 bits per heavy atom. The van der Waals surface area contributed by atoms with E-state index in [9.17, 15) is 4.57 Å². The summed E-state index contributed by atoms with van der Waals surface area (Å²) in [5.74, 6) is 0.721. The zero-order valence-corrected chi connectivity index (χ0v) is 10.2. The number of halogens is 2. The second-order valence-electron chi connectivity index (χ2n) is 3.10. The van der Waals surface area contributed by atoms with Crippen molar-refractivity contribution in [1.29, 1.82) is 0 Å². The Morgan fingerprint density at radius 1 is 1.50 bits per heavy atom. The summed E-state index contributed by atoms with van der Waals surface area (Å²) in [7, 11) is -3.17. The van der Waals surface area contributed by atoms with Crippen LogP contribution < -0.4 is 5.09 Å². The van der Waals surface area contributed by atoms with Crippen molar-refractivity contribution < 1.29 is 11.8 Å². The molecular weight excluding hydrogens is 244 g/mol. The highest BCUT2D eigenvalue weighted by Crippen LogP contribution is 2.52. The number of alkyl halides is 2. The van der Waals surface area contributed by atoms with Crippen molar-refractivity contribution >= 4 is 30.7 Å². The van der Waals surface area contributed by atoms with Gasteiger partial charge in [0.15, 0.2) is 0 Å². The standard InChI is InChI=1S/C8H16Cl2NO2P/c9-4-2-8(3-5-10)14(12)11-6-1-7-13-14/h8H,1-7H2,(H,11,12)/i7D2. The van der Waals surface area contributed by atoms with E-state index in [0.29, 0.717) is 31.1 Å². The SMILES string of the molecule is [2H]C1([2H])CCNP(=O)(C(CCCl)CCCl)O1. The monoisotopic (exact) mass is 261 g/mol. The molecule has 1 heterocycles. The lowest BCUT2D eigenvalue weighted by Gasteiger charge is -2.30. The zero-order chi connectivity index (χ0) is 12.2. The van der Waals surface area contributed by atoms with E-state index in [1.165, 1.54) is 0 Å². The molecule has 1 aliphatic rings. The number of rotatable bonds is 5. The fourth-order valence-electron chi connectivity index (χ4n) is 1.38. The van der Waals surface area contributed by atoms with E-state index in [1.54, 1.807) is 0 Å². The molecule has 1 fully saturated rings. The van der Waals surface area contributed by atoms with Gasteiger partial charge in [-0.3, -0.25) is 4.57 Å². The number of hydrogen-bond donors (Lipinski definition) is 1. The third-order valence-electron chi connectivity index (χ3n) is 2.12. The Morgan fingerprint density at radius 2 is 2.14 bits per heavy atom. The molecule has 1 saturated heterocycles. The molecule has 0 aromatic rings. The van der Waals surface area contributed by atoms with E-state index in [-0.39, 0.29) is 12.1 Å². The predicted molar refractivity (Wildman–Crippen MR) is 60.6 cm³/mol. The topological polar surface area (TPSA) is 38.3 Å². The molecule has 0 spiro atoms. The Labute approximate surface area is 97.8 Å². The van der Waals surface area contributed by atoms with Gasteiger partial charge >= 0.3 is 0 Å². The molecule has 1 atom stereocenters. The summed E-state index contributed by atoms with van der Waals surface area (Å²) in [6.07, 6.45) is 1.22. The van der Waals surface area contributed by atoms with E-state index in [1.807, 2.05) is 0 Å². The van der Waals surface area contributed by atoms with Crippen LogP contribution in [0.3, 0.4) is 0 Å². The van der Waals surface area contributed by atoms with Crippen LogP contribution in [0.1, 0.15) is 22.0 Å². The van der Waals surface area contributed by atoms with Crippen LogP contribution in [-0.4, -0.2) is 30.5 Å². The van der Waals surface area contributed by atoms with E-state index < -0.39 is 14.1 Å². The lowest BCUT2D eigenvalue weighted by atomic mass is 10.3. The molecular formula is C8H16Cl2NO2P. The first-order chi connectivity index (χ1) is 7.43. The summed E-state index contributed by atoms with van der Waals surface area (Å²) in [6, 6.07) is 0. The smallest absolute Gasteiger partial charge is 0.272 e. The number of hydrogen-bond acceptors (Lipinski definition) is 2. The summed E-state index contributed by atoms with van der Waals surface area (Å²) in [6.45, 7) is -1.47. The molecule has 3 nitrogen and oxygen atoms in total. The highest BCUT2D eigenvalue weighted by Gasteiger charge is 2.34. The van der Waals surface area contributed by atoms with Gasteiger partial charge in [0.2, 0.25) is 0 Å². The lowest BCUT2D eigenvalue weighted by molar-refractivity contribution is 0.269. The van der Waals surface area contributed by atoms with Crippen molar-refractivity contribution in [2.45, 2.75) is 24.9 Å². The number of nitrogens with one attached hydrogen (secondary N) is 1. The maximum atomic E-state index is 12.4. The van der Waals surface area contributed by atoms with Crippen LogP contribution >= 0.6 is 30.7 Å². The fraction of sp³-hybridized carbons (Fsp3) is 1.00. The van der Waals surface area contributed by atoms with Crippen molar-refractivity contribution in [3.63, 3.8) is 0 Å². The Bertz CT molecular complexity index is 275. The van der Waals surface area contributed by atoms with Crippen molar-refractivity contribution in [2.75, 3.05) is 24.9 Å². The average molecular weight is 262 g/mol. The molecule has 0 aromatic heterocycles. The summed E-state index contributed by atoms with van der Waals surface area (Å²) in [4.78, 5) is 0. The zero-order valence-electron chi connectivity index (χ0n) is 9.84. The molecule has 1 N–H and O–H groups in total. The van der Waals surface area contributed by atoms with Crippen LogP contribution in [0.2, 0.25) is 0 Å². The normalized spacial score (nSPS) is 33.9. The van der Waals surface area contributed by atoms with Gasteiger partial charge in [0.05, 0.1) is 15.0 Å². The maximum Gasteiger partial charge on any atom is 0.272 e. The first-order valence-corrected chi connectivity index (χ1v) is 7.37. The quantitative estimate of drug-likeness (QED) is 0.611. The third-order valence-corrected chi connectivity index (χ3v) is 5.10. The minimum Gasteiger partial charge on any atom is -0.317 e. The van der Waals surface area contributed by atoms with Gasteiger partial charge in [-0.15, -0.1) is 23.2 Å². The molecule has 0 bridgehead atoms. The molecule has 6 heteroatoms. The summed E-state index contributed by atoms with van der Waals surface area (Å²) >= 11 is 11.3. The average Bonchev–Trinajstić information content (AvgIpc) is 2.15. The minimum atomic E-state index is -3.17. The van der Waals surface area contributed by atoms with Crippen molar-refractivity contribution in [3.05, 3.63) is 0 Å². The van der Waals surface area contributed by atoms with Crippen LogP contribution in [0.25, 0.3) is 0 Å². The van der Waals surface area contributed by atoms with Crippen molar-refractivity contribution in [3.8, 4) is 0 Å². The molecule has 1 unspecified atom stereocenters. The molecule has 0 radical (unpaired) electrons. The second-order valence-corrected chi connectivity index (χ2v) is 6.28. The van der Waals surface area contributed by atoms with Gasteiger partial charge in [-0.1, -0.05) is 0 Å². The van der Waals surface area contributed by atoms with E-state index >= 15 is 0 Å². The van der Waals surface area contributed by atoms with Gasteiger partial charge in [0, 0.05) is 18.3 Å².